The number of carbonyl (C=O) groups is 1. The van der Waals surface area contributed by atoms with E-state index in [-0.39, 0.29) is 18.6 Å². The minimum absolute atomic E-state index is 0.0441. The van der Waals surface area contributed by atoms with Gasteiger partial charge in [-0.3, -0.25) is 9.69 Å². The molecule has 0 spiro atoms. The number of rotatable bonds is 7. The van der Waals surface area contributed by atoms with Gasteiger partial charge in [-0.25, -0.2) is 0 Å². The summed E-state index contributed by atoms with van der Waals surface area (Å²) < 4.78 is 5.86. The number of nitrogens with one attached hydrogen (secondary N) is 1. The molecule has 0 radical (unpaired) electrons. The average molecular weight is 415 g/mol. The number of likely N-dealkylation sites (tertiary alicyclic amines) is 1. The van der Waals surface area contributed by atoms with Crippen molar-refractivity contribution >= 4 is 17.5 Å². The van der Waals surface area contributed by atoms with E-state index >= 15 is 0 Å². The van der Waals surface area contributed by atoms with Crippen molar-refractivity contribution in [3.05, 3.63) is 64.2 Å². The van der Waals surface area contributed by atoms with E-state index in [0.29, 0.717) is 5.92 Å². The van der Waals surface area contributed by atoms with Gasteiger partial charge >= 0.3 is 0 Å². The van der Waals surface area contributed by atoms with Gasteiger partial charge in [-0.1, -0.05) is 49.7 Å². The number of hydrogen-bond acceptors (Lipinski definition) is 3. The molecule has 2 aromatic carbocycles. The number of benzene rings is 2. The fourth-order valence-electron chi connectivity index (χ4n) is 3.74. The van der Waals surface area contributed by atoms with Crippen LogP contribution < -0.4 is 10.1 Å². The first-order valence-corrected chi connectivity index (χ1v) is 10.8. The van der Waals surface area contributed by atoms with Crippen molar-refractivity contribution in [2.24, 2.45) is 0 Å². The molecule has 0 saturated carbocycles. The van der Waals surface area contributed by atoms with Crippen molar-refractivity contribution in [3.63, 3.8) is 0 Å². The molecule has 0 unspecified atom stereocenters. The van der Waals surface area contributed by atoms with Gasteiger partial charge in [0, 0.05) is 30.7 Å². The van der Waals surface area contributed by atoms with Gasteiger partial charge < -0.3 is 10.1 Å². The zero-order valence-corrected chi connectivity index (χ0v) is 18.3. The smallest absolute Gasteiger partial charge is 0.258 e. The molecule has 156 valence electrons. The molecule has 1 aliphatic rings. The molecule has 29 heavy (non-hydrogen) atoms. The minimum Gasteiger partial charge on any atom is -0.483 e. The molecule has 1 aliphatic heterocycles. The van der Waals surface area contributed by atoms with E-state index in [2.05, 4.69) is 48.3 Å². The summed E-state index contributed by atoms with van der Waals surface area (Å²) in [6.07, 6.45) is 1.92. The minimum atomic E-state index is -0.0441. The molecule has 0 bridgehead atoms. The van der Waals surface area contributed by atoms with Gasteiger partial charge in [-0.15, -0.1) is 0 Å². The Balaban J connectivity index is 1.43. The number of halogens is 1. The van der Waals surface area contributed by atoms with Crippen LogP contribution in [0.2, 0.25) is 5.02 Å². The first-order valence-electron chi connectivity index (χ1n) is 10.4. The van der Waals surface area contributed by atoms with Crippen molar-refractivity contribution in [1.82, 2.24) is 10.2 Å². The van der Waals surface area contributed by atoms with E-state index in [9.17, 15) is 4.79 Å². The molecule has 0 atom stereocenters. The van der Waals surface area contributed by atoms with Crippen LogP contribution in [-0.4, -0.2) is 36.5 Å². The number of aryl methyl sites for hydroxylation is 1. The van der Waals surface area contributed by atoms with Gasteiger partial charge in [-0.05, 0) is 60.6 Å². The maximum Gasteiger partial charge on any atom is 0.258 e. The number of ether oxygens (including phenoxy) is 1. The van der Waals surface area contributed by atoms with Crippen LogP contribution in [0.25, 0.3) is 0 Å². The molecule has 1 amide bonds. The average Bonchev–Trinajstić information content (AvgIpc) is 2.69. The second kappa shape index (κ2) is 10.1. The molecule has 1 saturated heterocycles. The van der Waals surface area contributed by atoms with Crippen LogP contribution in [0.15, 0.2) is 42.5 Å². The molecular weight excluding hydrogens is 384 g/mol. The molecule has 0 aromatic heterocycles. The van der Waals surface area contributed by atoms with Gasteiger partial charge in [0.15, 0.2) is 6.61 Å². The molecule has 1 heterocycles. The summed E-state index contributed by atoms with van der Waals surface area (Å²) in [7, 11) is 0. The van der Waals surface area contributed by atoms with Crippen molar-refractivity contribution in [1.29, 1.82) is 0 Å². The molecular formula is C24H31ClN2O2. The molecule has 2 aromatic rings. The molecule has 5 heteroatoms. The zero-order chi connectivity index (χ0) is 20.8. The number of carbonyl (C=O) groups excluding carboxylic acids is 1. The molecule has 1 fully saturated rings. The maximum absolute atomic E-state index is 12.4. The third-order valence-electron chi connectivity index (χ3n) is 5.42. The Morgan fingerprint density at radius 2 is 1.86 bits per heavy atom. The van der Waals surface area contributed by atoms with Gasteiger partial charge in [-0.2, -0.15) is 0 Å². The van der Waals surface area contributed by atoms with E-state index in [1.807, 2.05) is 25.1 Å². The van der Waals surface area contributed by atoms with Crippen molar-refractivity contribution in [3.8, 4) is 5.75 Å². The van der Waals surface area contributed by atoms with Crippen LogP contribution >= 0.6 is 11.6 Å². The quantitative estimate of drug-likeness (QED) is 0.698. The summed E-state index contributed by atoms with van der Waals surface area (Å²) >= 11 is 5.95. The Morgan fingerprint density at radius 1 is 1.17 bits per heavy atom. The van der Waals surface area contributed by atoms with Crippen LogP contribution in [0.4, 0.5) is 0 Å². The second-order valence-electron chi connectivity index (χ2n) is 8.23. The summed E-state index contributed by atoms with van der Waals surface area (Å²) in [4.78, 5) is 14.8. The first kappa shape index (κ1) is 21.7. The number of amides is 1. The van der Waals surface area contributed by atoms with Gasteiger partial charge in [0.2, 0.25) is 0 Å². The summed E-state index contributed by atoms with van der Waals surface area (Å²) in [6.45, 7) is 9.24. The van der Waals surface area contributed by atoms with E-state index in [1.54, 1.807) is 0 Å². The van der Waals surface area contributed by atoms with Crippen molar-refractivity contribution < 1.29 is 9.53 Å². The highest BCUT2D eigenvalue weighted by Gasteiger charge is 2.21. The van der Waals surface area contributed by atoms with Crippen LogP contribution in [-0.2, 0) is 11.3 Å². The SMILES string of the molecule is Cc1ccc(C(C)C)c(OCC(=O)NC2CCN(Cc3ccc(Cl)cc3)CC2)c1. The Hall–Kier alpha value is -2.04. The van der Waals surface area contributed by atoms with Crippen molar-refractivity contribution in [2.45, 2.75) is 52.1 Å². The standard InChI is InChI=1S/C24H31ClN2O2/c1-17(2)22-9-4-18(3)14-23(22)29-16-24(28)26-21-10-12-27(13-11-21)15-19-5-7-20(25)8-6-19/h4-9,14,17,21H,10-13,15-16H2,1-3H3,(H,26,28). The van der Waals surface area contributed by atoms with Crippen LogP contribution in [0.1, 0.15) is 49.3 Å². The molecule has 4 nitrogen and oxygen atoms in total. The van der Waals surface area contributed by atoms with E-state index < -0.39 is 0 Å². The number of nitrogens with zero attached hydrogens (tertiary/aromatic N) is 1. The second-order valence-corrected chi connectivity index (χ2v) is 8.67. The first-order chi connectivity index (χ1) is 13.9. The zero-order valence-electron chi connectivity index (χ0n) is 17.6. The lowest BCUT2D eigenvalue weighted by Gasteiger charge is -2.32. The summed E-state index contributed by atoms with van der Waals surface area (Å²) in [5.41, 5.74) is 3.54. The molecule has 3 rings (SSSR count). The van der Waals surface area contributed by atoms with E-state index in [1.165, 1.54) is 5.56 Å². The van der Waals surface area contributed by atoms with Crippen LogP contribution in [0.3, 0.4) is 0 Å². The Kier molecular flexibility index (Phi) is 7.57. The Morgan fingerprint density at radius 3 is 2.52 bits per heavy atom. The predicted octanol–water partition coefficient (Wildman–Crippen LogP) is 4.93. The van der Waals surface area contributed by atoms with Gasteiger partial charge in [0.1, 0.15) is 5.75 Å². The monoisotopic (exact) mass is 414 g/mol. The highest BCUT2D eigenvalue weighted by Crippen LogP contribution is 2.27. The molecule has 1 N–H and O–H groups in total. The highest BCUT2D eigenvalue weighted by atomic mass is 35.5. The lowest BCUT2D eigenvalue weighted by Crippen LogP contribution is -2.45. The van der Waals surface area contributed by atoms with Crippen molar-refractivity contribution in [2.75, 3.05) is 19.7 Å². The topological polar surface area (TPSA) is 41.6 Å². The number of hydrogen-bond donors (Lipinski definition) is 1. The maximum atomic E-state index is 12.4. The largest absolute Gasteiger partial charge is 0.483 e. The van der Waals surface area contributed by atoms with E-state index in [4.69, 9.17) is 16.3 Å². The third-order valence-corrected chi connectivity index (χ3v) is 5.67. The van der Waals surface area contributed by atoms with Gasteiger partial charge in [0.25, 0.3) is 5.91 Å². The summed E-state index contributed by atoms with van der Waals surface area (Å²) in [6, 6.07) is 14.4. The normalized spacial score (nSPS) is 15.5. The highest BCUT2D eigenvalue weighted by molar-refractivity contribution is 6.30. The van der Waals surface area contributed by atoms with E-state index in [0.717, 1.165) is 54.4 Å². The lowest BCUT2D eigenvalue weighted by atomic mass is 10.0. The lowest BCUT2D eigenvalue weighted by molar-refractivity contribution is -0.124. The predicted molar refractivity (Wildman–Crippen MR) is 119 cm³/mol. The van der Waals surface area contributed by atoms with Gasteiger partial charge in [0.05, 0.1) is 0 Å². The van der Waals surface area contributed by atoms with Crippen LogP contribution in [0.5, 0.6) is 5.75 Å². The summed E-state index contributed by atoms with van der Waals surface area (Å²) in [5, 5.41) is 3.90. The fraction of sp³-hybridized carbons (Fsp3) is 0.458. The van der Waals surface area contributed by atoms with Crippen LogP contribution in [0, 0.1) is 6.92 Å². The Bertz CT molecular complexity index is 812. The molecule has 0 aliphatic carbocycles. The fourth-order valence-corrected chi connectivity index (χ4v) is 3.87. The number of piperidine rings is 1. The third kappa shape index (κ3) is 6.48. The summed E-state index contributed by atoms with van der Waals surface area (Å²) in [5.74, 6) is 1.13. The Labute approximate surface area is 179 Å².